The second-order valence-electron chi connectivity index (χ2n) is 4.02. The van der Waals surface area contributed by atoms with Crippen LogP contribution in [0.15, 0.2) is 28.4 Å². The van der Waals surface area contributed by atoms with Crippen LogP contribution in [0.1, 0.15) is 5.56 Å². The first kappa shape index (κ1) is 16.7. The molecular weight excluding hydrogens is 341 g/mol. The fourth-order valence-electron chi connectivity index (χ4n) is 1.50. The van der Waals surface area contributed by atoms with Crippen molar-refractivity contribution in [2.75, 3.05) is 5.75 Å². The van der Waals surface area contributed by atoms with Crippen LogP contribution in [0.2, 0.25) is 0 Å². The van der Waals surface area contributed by atoms with E-state index in [9.17, 15) is 28.1 Å². The molecule has 1 aliphatic heterocycles. The number of carbonyl (C=O) groups excluding carboxylic acids is 1. The van der Waals surface area contributed by atoms with E-state index in [0.29, 0.717) is 0 Å². The number of alkyl halides is 3. The monoisotopic (exact) mass is 348 g/mol. The average Bonchev–Trinajstić information content (AvgIpc) is 2.84. The first-order valence-corrected chi connectivity index (χ1v) is 6.81. The number of thioether (sulfide) groups is 1. The first-order chi connectivity index (χ1) is 10.7. The summed E-state index contributed by atoms with van der Waals surface area (Å²) >= 11 is 1.12. The molecule has 8 nitrogen and oxygen atoms in total. The molecule has 1 heterocycles. The Morgan fingerprint density at radius 3 is 2.74 bits per heavy atom. The molecule has 23 heavy (non-hydrogen) atoms. The van der Waals surface area contributed by atoms with E-state index in [2.05, 4.69) is 20.3 Å². The highest BCUT2D eigenvalue weighted by Gasteiger charge is 2.34. The summed E-state index contributed by atoms with van der Waals surface area (Å²) in [6.45, 7) is 0. The van der Waals surface area contributed by atoms with Gasteiger partial charge in [0, 0.05) is 11.6 Å². The van der Waals surface area contributed by atoms with Gasteiger partial charge in [0.1, 0.15) is 0 Å². The maximum Gasteiger partial charge on any atom is 0.573 e. The third-order valence-corrected chi connectivity index (χ3v) is 3.21. The van der Waals surface area contributed by atoms with Crippen molar-refractivity contribution in [2.45, 2.75) is 6.36 Å². The fourth-order valence-corrected chi connectivity index (χ4v) is 2.13. The van der Waals surface area contributed by atoms with Crippen LogP contribution in [0.5, 0.6) is 5.75 Å². The molecule has 1 saturated heterocycles. The number of hydrogen-bond acceptors (Lipinski definition) is 7. The zero-order valence-electron chi connectivity index (χ0n) is 11.0. The quantitative estimate of drug-likeness (QED) is 0.509. The Labute approximate surface area is 130 Å². The Balaban J connectivity index is 2.19. The van der Waals surface area contributed by atoms with E-state index in [-0.39, 0.29) is 22.4 Å². The van der Waals surface area contributed by atoms with E-state index in [1.807, 2.05) is 0 Å². The third kappa shape index (κ3) is 4.95. The lowest BCUT2D eigenvalue weighted by molar-refractivity contribution is -0.388. The highest BCUT2D eigenvalue weighted by Crippen LogP contribution is 2.32. The Morgan fingerprint density at radius 1 is 1.43 bits per heavy atom. The average molecular weight is 348 g/mol. The summed E-state index contributed by atoms with van der Waals surface area (Å²) in [5.74, 6) is -0.943. The zero-order chi connectivity index (χ0) is 17.0. The van der Waals surface area contributed by atoms with Crippen LogP contribution in [0.3, 0.4) is 0 Å². The van der Waals surface area contributed by atoms with Crippen molar-refractivity contribution < 1.29 is 27.6 Å². The molecule has 0 aromatic heterocycles. The number of amides is 1. The van der Waals surface area contributed by atoms with Gasteiger partial charge in [0.25, 0.3) is 0 Å². The minimum Gasteiger partial charge on any atom is -0.398 e. The predicted octanol–water partition coefficient (Wildman–Crippen LogP) is 2.05. The van der Waals surface area contributed by atoms with Crippen LogP contribution in [0.25, 0.3) is 0 Å². The normalized spacial score (nSPS) is 16.8. The van der Waals surface area contributed by atoms with Gasteiger partial charge in [-0.2, -0.15) is 5.10 Å². The number of carbonyl (C=O) groups is 1. The number of ether oxygens (including phenoxy) is 1. The maximum absolute atomic E-state index is 12.2. The van der Waals surface area contributed by atoms with Gasteiger partial charge < -0.3 is 10.1 Å². The minimum atomic E-state index is -5.04. The zero-order valence-corrected chi connectivity index (χ0v) is 11.8. The lowest BCUT2D eigenvalue weighted by Crippen LogP contribution is -2.19. The lowest BCUT2D eigenvalue weighted by Gasteiger charge is -2.09. The Hall–Kier alpha value is -2.63. The fraction of sp³-hybridized carbons (Fsp3) is 0.182. The van der Waals surface area contributed by atoms with Gasteiger partial charge in [0.2, 0.25) is 11.7 Å². The van der Waals surface area contributed by atoms with E-state index in [4.69, 9.17) is 0 Å². The number of amidine groups is 1. The predicted molar refractivity (Wildman–Crippen MR) is 75.4 cm³/mol. The molecule has 0 aliphatic carbocycles. The van der Waals surface area contributed by atoms with Crippen LogP contribution >= 0.6 is 11.8 Å². The van der Waals surface area contributed by atoms with Crippen LogP contribution in [-0.4, -0.2) is 34.3 Å². The summed E-state index contributed by atoms with van der Waals surface area (Å²) in [7, 11) is 0. The maximum atomic E-state index is 12.2. The van der Waals surface area contributed by atoms with E-state index in [0.717, 1.165) is 36.2 Å². The van der Waals surface area contributed by atoms with Gasteiger partial charge in [0.15, 0.2) is 5.17 Å². The van der Waals surface area contributed by atoms with Crippen molar-refractivity contribution in [2.24, 2.45) is 10.2 Å². The number of hydrogen-bond donors (Lipinski definition) is 1. The molecular formula is C11H7F3N4O4S. The smallest absolute Gasteiger partial charge is 0.398 e. The van der Waals surface area contributed by atoms with Gasteiger partial charge in [-0.15, -0.1) is 18.3 Å². The summed E-state index contributed by atoms with van der Waals surface area (Å²) in [6, 6.07) is 2.83. The van der Waals surface area contributed by atoms with Crippen molar-refractivity contribution in [1.82, 2.24) is 5.32 Å². The standard InChI is InChI=1S/C11H7F3N4O4S/c12-11(13,14)22-8-2-1-6(3-7(8)18(20)21)4-15-17-10-16-9(19)5-23-10/h1-4H,5H2,(H,16,17,19). The molecule has 1 N–H and O–H groups in total. The van der Waals surface area contributed by atoms with Crippen molar-refractivity contribution in [1.29, 1.82) is 0 Å². The summed E-state index contributed by atoms with van der Waals surface area (Å²) in [4.78, 5) is 20.7. The highest BCUT2D eigenvalue weighted by molar-refractivity contribution is 8.15. The molecule has 0 saturated carbocycles. The largest absolute Gasteiger partial charge is 0.573 e. The van der Waals surface area contributed by atoms with E-state index >= 15 is 0 Å². The van der Waals surface area contributed by atoms with E-state index < -0.39 is 22.7 Å². The number of halogens is 3. The van der Waals surface area contributed by atoms with E-state index in [1.165, 1.54) is 0 Å². The van der Waals surface area contributed by atoms with Crippen molar-refractivity contribution >= 4 is 34.7 Å². The molecule has 2 rings (SSSR count). The van der Waals surface area contributed by atoms with Gasteiger partial charge in [-0.1, -0.05) is 11.8 Å². The van der Waals surface area contributed by atoms with Gasteiger partial charge in [-0.3, -0.25) is 14.9 Å². The summed E-state index contributed by atoms with van der Waals surface area (Å²) < 4.78 is 40.1. The number of rotatable bonds is 4. The lowest BCUT2D eigenvalue weighted by atomic mass is 10.2. The highest BCUT2D eigenvalue weighted by atomic mass is 32.2. The molecule has 0 bridgehead atoms. The molecule has 1 fully saturated rings. The van der Waals surface area contributed by atoms with Gasteiger partial charge in [0.05, 0.1) is 16.9 Å². The topological polar surface area (TPSA) is 106 Å². The molecule has 122 valence electrons. The number of nitro benzene ring substituents is 1. The van der Waals surface area contributed by atoms with E-state index in [1.54, 1.807) is 0 Å². The molecule has 0 unspecified atom stereocenters. The second-order valence-corrected chi connectivity index (χ2v) is 4.98. The van der Waals surface area contributed by atoms with Gasteiger partial charge >= 0.3 is 12.0 Å². The summed E-state index contributed by atoms with van der Waals surface area (Å²) in [6.07, 6.45) is -3.94. The van der Waals surface area contributed by atoms with Gasteiger partial charge in [-0.05, 0) is 12.1 Å². The summed E-state index contributed by atoms with van der Waals surface area (Å²) in [5.41, 5.74) is -0.715. The second kappa shape index (κ2) is 6.64. The first-order valence-electron chi connectivity index (χ1n) is 5.82. The van der Waals surface area contributed by atoms with Crippen LogP contribution in [0.4, 0.5) is 18.9 Å². The molecule has 1 aromatic carbocycles. The Kier molecular flexibility index (Phi) is 4.83. The number of nitrogens with one attached hydrogen (secondary N) is 1. The SMILES string of the molecule is O=C1CSC(=NN=Cc2ccc(OC(F)(F)F)c([N+](=O)[O-])c2)N1. The van der Waals surface area contributed by atoms with Gasteiger partial charge in [-0.25, -0.2) is 0 Å². The van der Waals surface area contributed by atoms with Crippen molar-refractivity contribution in [3.05, 3.63) is 33.9 Å². The van der Waals surface area contributed by atoms with Crippen LogP contribution < -0.4 is 10.1 Å². The molecule has 0 radical (unpaired) electrons. The Bertz CT molecular complexity index is 705. The number of benzene rings is 1. The molecule has 1 aromatic rings. The molecule has 0 spiro atoms. The molecule has 0 atom stereocenters. The third-order valence-electron chi connectivity index (χ3n) is 2.35. The molecule has 12 heteroatoms. The Morgan fingerprint density at radius 2 is 2.17 bits per heavy atom. The molecule has 1 amide bonds. The van der Waals surface area contributed by atoms with Crippen molar-refractivity contribution in [3.8, 4) is 5.75 Å². The van der Waals surface area contributed by atoms with Crippen LogP contribution in [0, 0.1) is 10.1 Å². The summed E-state index contributed by atoms with van der Waals surface area (Å²) in [5, 5.41) is 20.8. The van der Waals surface area contributed by atoms with Crippen molar-refractivity contribution in [3.63, 3.8) is 0 Å². The molecule has 1 aliphatic rings. The number of nitrogens with zero attached hydrogens (tertiary/aromatic N) is 3. The van der Waals surface area contributed by atoms with Crippen LogP contribution in [-0.2, 0) is 4.79 Å². The minimum absolute atomic E-state index is 0.143. The number of nitro groups is 1.